The molecule has 0 bridgehead atoms. The first-order valence-electron chi connectivity index (χ1n) is 3.27. The Balaban J connectivity index is 2.24. The summed E-state index contributed by atoms with van der Waals surface area (Å²) in [5.74, 6) is 0. The molecule has 1 aliphatic heterocycles. The second kappa shape index (κ2) is 2.88. The number of rotatable bonds is 2. The van der Waals surface area contributed by atoms with E-state index in [-0.39, 0.29) is 12.3 Å². The zero-order chi connectivity index (χ0) is 7.56. The van der Waals surface area contributed by atoms with Crippen molar-refractivity contribution in [3.63, 3.8) is 0 Å². The van der Waals surface area contributed by atoms with Crippen molar-refractivity contribution in [1.29, 1.82) is 0 Å². The van der Waals surface area contributed by atoms with E-state index in [9.17, 15) is 4.79 Å². The molecular weight excluding hydrogens is 134 g/mol. The predicted octanol–water partition coefficient (Wildman–Crippen LogP) is 0.431. The Labute approximate surface area is 59.7 Å². The van der Waals surface area contributed by atoms with Gasteiger partial charge in [0.25, 0.3) is 0 Å². The van der Waals surface area contributed by atoms with Crippen molar-refractivity contribution in [3.8, 4) is 0 Å². The van der Waals surface area contributed by atoms with Gasteiger partial charge in [-0.3, -0.25) is 4.90 Å². The summed E-state index contributed by atoms with van der Waals surface area (Å²) in [6, 6.07) is 0. The molecule has 0 radical (unpaired) electrons. The fraction of sp³-hybridized carbons (Fsp3) is 0.833. The summed E-state index contributed by atoms with van der Waals surface area (Å²) in [4.78, 5) is 12.3. The highest BCUT2D eigenvalue weighted by Crippen LogP contribution is 2.13. The molecule has 1 heterocycles. The Kier molecular flexibility index (Phi) is 2.11. The van der Waals surface area contributed by atoms with Crippen LogP contribution in [0.2, 0.25) is 0 Å². The number of carbonyl (C=O) groups is 1. The van der Waals surface area contributed by atoms with Gasteiger partial charge >= 0.3 is 6.09 Å². The molecule has 1 fully saturated rings. The van der Waals surface area contributed by atoms with Crippen LogP contribution in [0.3, 0.4) is 0 Å². The van der Waals surface area contributed by atoms with Crippen LogP contribution in [0.25, 0.3) is 0 Å². The summed E-state index contributed by atoms with van der Waals surface area (Å²) in [6.45, 7) is 2.82. The van der Waals surface area contributed by atoms with E-state index < -0.39 is 0 Å². The Morgan fingerprint density at radius 3 is 2.90 bits per heavy atom. The molecule has 1 rings (SSSR count). The smallest absolute Gasteiger partial charge is 0.411 e. The topological polar surface area (TPSA) is 42.1 Å². The van der Waals surface area contributed by atoms with Crippen molar-refractivity contribution >= 4 is 6.09 Å². The molecule has 10 heavy (non-hydrogen) atoms. The van der Waals surface area contributed by atoms with Crippen molar-refractivity contribution in [2.75, 3.05) is 20.3 Å². The van der Waals surface area contributed by atoms with Crippen molar-refractivity contribution < 1.29 is 14.3 Å². The Bertz CT molecular complexity index is 133. The Morgan fingerprint density at radius 1 is 1.90 bits per heavy atom. The largest absolute Gasteiger partial charge is 0.450 e. The van der Waals surface area contributed by atoms with E-state index in [1.165, 1.54) is 4.90 Å². The number of hydrogen-bond acceptors (Lipinski definition) is 3. The van der Waals surface area contributed by atoms with Crippen LogP contribution in [0.5, 0.6) is 0 Å². The molecule has 1 amide bonds. The molecule has 1 saturated heterocycles. The monoisotopic (exact) mass is 145 g/mol. The zero-order valence-corrected chi connectivity index (χ0v) is 6.16. The predicted molar refractivity (Wildman–Crippen MR) is 34.5 cm³/mol. The fourth-order valence-electron chi connectivity index (χ4n) is 0.610. The number of likely N-dealkylation sites (N-methyl/N-ethyl adjacent to an activating group) is 1. The molecule has 1 unspecified atom stereocenters. The number of ether oxygens (including phenoxy) is 2. The molecule has 0 saturated carbocycles. The number of hydrogen-bond donors (Lipinski definition) is 0. The average molecular weight is 145 g/mol. The van der Waals surface area contributed by atoms with Crippen LogP contribution in [0.15, 0.2) is 0 Å². The molecule has 0 spiro atoms. The first-order chi connectivity index (χ1) is 4.75. The van der Waals surface area contributed by atoms with E-state index in [1.807, 2.05) is 0 Å². The summed E-state index contributed by atoms with van der Waals surface area (Å²) in [6.07, 6.45) is -0.357. The maximum Gasteiger partial charge on any atom is 0.411 e. The molecule has 0 aromatic rings. The Hall–Kier alpha value is -0.770. The van der Waals surface area contributed by atoms with Gasteiger partial charge in [0.15, 0.2) is 6.23 Å². The van der Waals surface area contributed by atoms with Crippen molar-refractivity contribution in [2.45, 2.75) is 13.2 Å². The highest BCUT2D eigenvalue weighted by atomic mass is 16.6. The quantitative estimate of drug-likeness (QED) is 0.529. The fourth-order valence-corrected chi connectivity index (χ4v) is 0.610. The number of epoxide rings is 1. The normalized spacial score (nSPS) is 22.0. The maximum atomic E-state index is 10.8. The van der Waals surface area contributed by atoms with Crippen LogP contribution in [-0.4, -0.2) is 37.5 Å². The number of carbonyl (C=O) groups excluding carboxylic acids is 1. The van der Waals surface area contributed by atoms with Gasteiger partial charge in [-0.15, -0.1) is 0 Å². The lowest BCUT2D eigenvalue weighted by Gasteiger charge is -2.12. The molecule has 4 heteroatoms. The highest BCUT2D eigenvalue weighted by molar-refractivity contribution is 5.67. The second-order valence-corrected chi connectivity index (χ2v) is 2.10. The molecule has 0 aromatic heterocycles. The molecular formula is C6H11NO3. The summed E-state index contributed by atoms with van der Waals surface area (Å²) >= 11 is 0. The molecule has 0 aliphatic carbocycles. The summed E-state index contributed by atoms with van der Waals surface area (Å²) in [5.41, 5.74) is 0. The average Bonchev–Trinajstić information content (AvgIpc) is 2.68. The van der Waals surface area contributed by atoms with Gasteiger partial charge < -0.3 is 9.47 Å². The molecule has 1 atom stereocenters. The standard InChI is InChI=1S/C6H11NO3/c1-3-9-6(8)7(2)5-4-10-5/h5H,3-4H2,1-2H3. The van der Waals surface area contributed by atoms with Gasteiger partial charge in [-0.05, 0) is 6.92 Å². The van der Waals surface area contributed by atoms with Gasteiger partial charge in [-0.2, -0.15) is 0 Å². The van der Waals surface area contributed by atoms with E-state index in [4.69, 9.17) is 9.47 Å². The van der Waals surface area contributed by atoms with Crippen LogP contribution in [-0.2, 0) is 9.47 Å². The van der Waals surface area contributed by atoms with Crippen molar-refractivity contribution in [1.82, 2.24) is 4.90 Å². The van der Waals surface area contributed by atoms with Crippen LogP contribution in [0, 0.1) is 0 Å². The minimum atomic E-state index is -0.315. The van der Waals surface area contributed by atoms with Crippen LogP contribution in [0.1, 0.15) is 6.92 Å². The third-order valence-corrected chi connectivity index (χ3v) is 1.30. The molecule has 58 valence electrons. The molecule has 0 aromatic carbocycles. The van der Waals surface area contributed by atoms with E-state index in [0.717, 1.165) is 0 Å². The Morgan fingerprint density at radius 2 is 2.50 bits per heavy atom. The van der Waals surface area contributed by atoms with Crippen molar-refractivity contribution in [2.24, 2.45) is 0 Å². The highest BCUT2D eigenvalue weighted by Gasteiger charge is 2.31. The first kappa shape index (κ1) is 7.34. The number of amides is 1. The van der Waals surface area contributed by atoms with E-state index in [1.54, 1.807) is 14.0 Å². The third-order valence-electron chi connectivity index (χ3n) is 1.30. The zero-order valence-electron chi connectivity index (χ0n) is 6.16. The minimum absolute atomic E-state index is 0.0425. The van der Waals surface area contributed by atoms with Gasteiger partial charge in [-0.25, -0.2) is 4.79 Å². The summed E-state index contributed by atoms with van der Waals surface area (Å²) in [5, 5.41) is 0. The minimum Gasteiger partial charge on any atom is -0.450 e. The van der Waals surface area contributed by atoms with E-state index in [0.29, 0.717) is 13.2 Å². The third kappa shape index (κ3) is 1.60. The lowest BCUT2D eigenvalue weighted by Crippen LogP contribution is -2.30. The summed E-state index contributed by atoms with van der Waals surface area (Å²) < 4.78 is 9.57. The van der Waals surface area contributed by atoms with Gasteiger partial charge in [0.2, 0.25) is 0 Å². The second-order valence-electron chi connectivity index (χ2n) is 2.10. The van der Waals surface area contributed by atoms with Gasteiger partial charge in [-0.1, -0.05) is 0 Å². The van der Waals surface area contributed by atoms with Crippen LogP contribution < -0.4 is 0 Å². The summed E-state index contributed by atoms with van der Waals surface area (Å²) in [7, 11) is 1.66. The van der Waals surface area contributed by atoms with Crippen LogP contribution >= 0.6 is 0 Å². The molecule has 1 aliphatic rings. The molecule has 4 nitrogen and oxygen atoms in total. The lowest BCUT2D eigenvalue weighted by molar-refractivity contribution is 0.0994. The van der Waals surface area contributed by atoms with Crippen molar-refractivity contribution in [3.05, 3.63) is 0 Å². The van der Waals surface area contributed by atoms with Gasteiger partial charge in [0.1, 0.15) is 0 Å². The van der Waals surface area contributed by atoms with Gasteiger partial charge in [0.05, 0.1) is 13.2 Å². The van der Waals surface area contributed by atoms with E-state index in [2.05, 4.69) is 0 Å². The first-order valence-corrected chi connectivity index (χ1v) is 3.27. The number of nitrogens with zero attached hydrogens (tertiary/aromatic N) is 1. The SMILES string of the molecule is CCOC(=O)N(C)C1CO1. The lowest BCUT2D eigenvalue weighted by atomic mass is 10.6. The van der Waals surface area contributed by atoms with E-state index >= 15 is 0 Å². The molecule has 0 N–H and O–H groups in total. The van der Waals surface area contributed by atoms with Crippen LogP contribution in [0.4, 0.5) is 4.79 Å². The maximum absolute atomic E-state index is 10.8. The van der Waals surface area contributed by atoms with Gasteiger partial charge in [0, 0.05) is 7.05 Å².